The number of thiophene rings is 1. The van der Waals surface area contributed by atoms with Crippen molar-refractivity contribution in [2.75, 3.05) is 18.4 Å². The molecule has 3 heterocycles. The van der Waals surface area contributed by atoms with Gasteiger partial charge in [-0.1, -0.05) is 0 Å². The third-order valence-corrected chi connectivity index (χ3v) is 4.79. The molecule has 0 aliphatic carbocycles. The minimum absolute atomic E-state index is 0.463. The second kappa shape index (κ2) is 5.98. The van der Waals surface area contributed by atoms with Gasteiger partial charge in [-0.2, -0.15) is 0 Å². The first-order valence-electron chi connectivity index (χ1n) is 6.38. The Morgan fingerprint density at radius 3 is 2.84 bits per heavy atom. The van der Waals surface area contributed by atoms with Crippen LogP contribution in [0.3, 0.4) is 0 Å². The van der Waals surface area contributed by atoms with E-state index < -0.39 is 0 Å². The molecule has 0 saturated carbocycles. The average molecular weight is 339 g/mol. The Bertz CT molecular complexity index is 534. The van der Waals surface area contributed by atoms with Crippen LogP contribution in [0.25, 0.3) is 10.6 Å². The molecule has 1 atom stereocenters. The Morgan fingerprint density at radius 1 is 1.26 bits per heavy atom. The molecule has 0 bridgehead atoms. The van der Waals surface area contributed by atoms with Gasteiger partial charge in [0.25, 0.3) is 0 Å². The van der Waals surface area contributed by atoms with Crippen molar-refractivity contribution in [3.8, 4) is 10.6 Å². The molecule has 6 heteroatoms. The maximum Gasteiger partial charge on any atom is 0.148 e. The lowest BCUT2D eigenvalue weighted by Crippen LogP contribution is -2.38. The Morgan fingerprint density at radius 2 is 2.21 bits per heavy atom. The van der Waals surface area contributed by atoms with E-state index >= 15 is 0 Å². The first-order chi connectivity index (χ1) is 9.31. The first-order valence-corrected chi connectivity index (χ1v) is 7.99. The molecule has 1 aliphatic heterocycles. The summed E-state index contributed by atoms with van der Waals surface area (Å²) in [6.07, 6.45) is 2.40. The van der Waals surface area contributed by atoms with Gasteiger partial charge in [0.1, 0.15) is 11.5 Å². The largest absolute Gasteiger partial charge is 0.365 e. The predicted octanol–water partition coefficient (Wildman–Crippen LogP) is 3.13. The monoisotopic (exact) mass is 338 g/mol. The molecule has 1 unspecified atom stereocenters. The second-order valence-corrected chi connectivity index (χ2v) is 7.06. The predicted molar refractivity (Wildman–Crippen MR) is 82.6 cm³/mol. The summed E-state index contributed by atoms with van der Waals surface area (Å²) in [5, 5.41) is 15.3. The van der Waals surface area contributed by atoms with Gasteiger partial charge in [-0.25, -0.2) is 0 Å². The quantitative estimate of drug-likeness (QED) is 0.902. The number of halogens is 1. The SMILES string of the molecule is Brc1ccc(-c2ccc(NC3CCCNC3)nn2)s1. The smallest absolute Gasteiger partial charge is 0.148 e. The van der Waals surface area contributed by atoms with Crippen molar-refractivity contribution in [2.24, 2.45) is 0 Å². The molecule has 3 rings (SSSR count). The van der Waals surface area contributed by atoms with E-state index in [1.165, 1.54) is 12.8 Å². The molecule has 0 radical (unpaired) electrons. The third-order valence-electron chi connectivity index (χ3n) is 3.14. The van der Waals surface area contributed by atoms with Crippen LogP contribution >= 0.6 is 27.3 Å². The molecule has 2 aromatic rings. The Labute approximate surface area is 124 Å². The number of piperidine rings is 1. The molecule has 4 nitrogen and oxygen atoms in total. The van der Waals surface area contributed by atoms with Gasteiger partial charge in [-0.3, -0.25) is 0 Å². The summed E-state index contributed by atoms with van der Waals surface area (Å²) in [5.74, 6) is 0.855. The van der Waals surface area contributed by atoms with Crippen LogP contribution in [0.15, 0.2) is 28.1 Å². The highest BCUT2D eigenvalue weighted by molar-refractivity contribution is 9.11. The number of nitrogens with one attached hydrogen (secondary N) is 2. The molecule has 1 fully saturated rings. The number of aromatic nitrogens is 2. The van der Waals surface area contributed by atoms with Gasteiger partial charge in [0.05, 0.1) is 8.66 Å². The van der Waals surface area contributed by atoms with Crippen molar-refractivity contribution in [1.29, 1.82) is 0 Å². The lowest BCUT2D eigenvalue weighted by molar-refractivity contribution is 0.478. The Kier molecular flexibility index (Phi) is 4.10. The minimum Gasteiger partial charge on any atom is -0.365 e. The van der Waals surface area contributed by atoms with Crippen molar-refractivity contribution in [3.05, 3.63) is 28.1 Å². The van der Waals surface area contributed by atoms with E-state index in [-0.39, 0.29) is 0 Å². The van der Waals surface area contributed by atoms with Crippen molar-refractivity contribution in [3.63, 3.8) is 0 Å². The number of hydrogen-bond donors (Lipinski definition) is 2. The average Bonchev–Trinajstić information content (AvgIpc) is 2.87. The van der Waals surface area contributed by atoms with Crippen molar-refractivity contribution >= 4 is 33.1 Å². The highest BCUT2D eigenvalue weighted by Crippen LogP contribution is 2.29. The first kappa shape index (κ1) is 13.0. The van der Waals surface area contributed by atoms with Gasteiger partial charge in [-0.15, -0.1) is 21.5 Å². The molecule has 1 aliphatic rings. The van der Waals surface area contributed by atoms with Gasteiger partial charge in [0, 0.05) is 12.6 Å². The number of nitrogens with zero attached hydrogens (tertiary/aromatic N) is 2. The maximum absolute atomic E-state index is 4.28. The molecular formula is C13H15BrN4S. The van der Waals surface area contributed by atoms with Gasteiger partial charge < -0.3 is 10.6 Å². The van der Waals surface area contributed by atoms with Crippen LogP contribution in [0.4, 0.5) is 5.82 Å². The van der Waals surface area contributed by atoms with Crippen LogP contribution in [0.2, 0.25) is 0 Å². The zero-order chi connectivity index (χ0) is 13.1. The fourth-order valence-electron chi connectivity index (χ4n) is 2.18. The maximum atomic E-state index is 4.28. The van der Waals surface area contributed by atoms with Crippen molar-refractivity contribution in [2.45, 2.75) is 18.9 Å². The Hall–Kier alpha value is -0.980. The van der Waals surface area contributed by atoms with E-state index in [4.69, 9.17) is 0 Å². The second-order valence-electron chi connectivity index (χ2n) is 4.60. The van der Waals surface area contributed by atoms with Crippen LogP contribution in [-0.4, -0.2) is 29.3 Å². The lowest BCUT2D eigenvalue weighted by Gasteiger charge is -2.23. The zero-order valence-corrected chi connectivity index (χ0v) is 12.8. The molecule has 100 valence electrons. The van der Waals surface area contributed by atoms with Crippen molar-refractivity contribution < 1.29 is 0 Å². The van der Waals surface area contributed by atoms with E-state index in [0.717, 1.165) is 33.3 Å². The Balaban J connectivity index is 1.68. The zero-order valence-electron chi connectivity index (χ0n) is 10.4. The van der Waals surface area contributed by atoms with Gasteiger partial charge in [0.2, 0.25) is 0 Å². The van der Waals surface area contributed by atoms with Gasteiger partial charge >= 0.3 is 0 Å². The van der Waals surface area contributed by atoms with Crippen LogP contribution in [0.1, 0.15) is 12.8 Å². The normalized spacial score (nSPS) is 19.3. The lowest BCUT2D eigenvalue weighted by atomic mass is 10.1. The number of anilines is 1. The van der Waals surface area contributed by atoms with E-state index in [2.05, 4.69) is 42.8 Å². The van der Waals surface area contributed by atoms with Crippen LogP contribution < -0.4 is 10.6 Å². The third kappa shape index (κ3) is 3.32. The van der Waals surface area contributed by atoms with E-state index in [0.29, 0.717) is 6.04 Å². The molecule has 0 amide bonds. The summed E-state index contributed by atoms with van der Waals surface area (Å²) in [7, 11) is 0. The highest BCUT2D eigenvalue weighted by atomic mass is 79.9. The fourth-order valence-corrected chi connectivity index (χ4v) is 3.53. The molecule has 1 saturated heterocycles. The molecular weight excluding hydrogens is 324 g/mol. The summed E-state index contributed by atoms with van der Waals surface area (Å²) in [6, 6.07) is 8.57. The van der Waals surface area contributed by atoms with Crippen LogP contribution in [0, 0.1) is 0 Å². The summed E-state index contributed by atoms with van der Waals surface area (Å²) >= 11 is 5.13. The van der Waals surface area contributed by atoms with E-state index in [9.17, 15) is 0 Å². The van der Waals surface area contributed by atoms with E-state index in [1.807, 2.05) is 18.2 Å². The topological polar surface area (TPSA) is 49.8 Å². The molecule has 0 aromatic carbocycles. The summed E-state index contributed by atoms with van der Waals surface area (Å²) in [4.78, 5) is 1.13. The minimum atomic E-state index is 0.463. The highest BCUT2D eigenvalue weighted by Gasteiger charge is 2.13. The van der Waals surface area contributed by atoms with Crippen LogP contribution in [0.5, 0.6) is 0 Å². The van der Waals surface area contributed by atoms with Crippen LogP contribution in [-0.2, 0) is 0 Å². The van der Waals surface area contributed by atoms with E-state index in [1.54, 1.807) is 11.3 Å². The fraction of sp³-hybridized carbons (Fsp3) is 0.385. The number of rotatable bonds is 3. The standard InChI is InChI=1S/C13H15BrN4S/c14-12-5-4-11(19-12)10-3-6-13(18-17-10)16-9-2-1-7-15-8-9/h3-6,9,15H,1-2,7-8H2,(H,16,18). The molecule has 2 aromatic heterocycles. The molecule has 19 heavy (non-hydrogen) atoms. The summed E-state index contributed by atoms with van der Waals surface area (Å²) in [5.41, 5.74) is 0.919. The number of hydrogen-bond acceptors (Lipinski definition) is 5. The van der Waals surface area contributed by atoms with Crippen molar-refractivity contribution in [1.82, 2.24) is 15.5 Å². The van der Waals surface area contributed by atoms with Gasteiger partial charge in [-0.05, 0) is 59.6 Å². The van der Waals surface area contributed by atoms with Gasteiger partial charge in [0.15, 0.2) is 0 Å². The molecule has 0 spiro atoms. The molecule has 2 N–H and O–H groups in total. The summed E-state index contributed by atoms with van der Waals surface area (Å²) in [6.45, 7) is 2.12. The summed E-state index contributed by atoms with van der Waals surface area (Å²) < 4.78 is 1.11.